The van der Waals surface area contributed by atoms with E-state index in [1.165, 1.54) is 0 Å². The number of carbonyl (C=O) groups is 1. The fourth-order valence-corrected chi connectivity index (χ4v) is 2.01. The minimum atomic E-state index is -0.609. The van der Waals surface area contributed by atoms with Crippen molar-refractivity contribution in [2.45, 2.75) is 6.42 Å². The molecule has 0 aliphatic carbocycles. The highest BCUT2D eigenvalue weighted by Gasteiger charge is 2.19. The van der Waals surface area contributed by atoms with Crippen LogP contribution in [0.1, 0.15) is 6.42 Å². The molecule has 21 heavy (non-hydrogen) atoms. The summed E-state index contributed by atoms with van der Waals surface area (Å²) in [4.78, 5) is 31.2. The predicted molar refractivity (Wildman–Crippen MR) is 74.2 cm³/mol. The van der Waals surface area contributed by atoms with Gasteiger partial charge in [-0.1, -0.05) is 0 Å². The number of nitro groups is 1. The molecule has 0 atom stereocenters. The average Bonchev–Trinajstić information content (AvgIpc) is 2.48. The second kappa shape index (κ2) is 7.14. The Labute approximate surface area is 125 Å². The fourth-order valence-electron chi connectivity index (χ4n) is 1.88. The molecule has 1 amide bonds. The van der Waals surface area contributed by atoms with E-state index in [1.807, 2.05) is 0 Å². The summed E-state index contributed by atoms with van der Waals surface area (Å²) in [5.41, 5.74) is -0.279. The van der Waals surface area contributed by atoms with Crippen molar-refractivity contribution in [1.82, 2.24) is 14.9 Å². The van der Waals surface area contributed by atoms with Crippen molar-refractivity contribution in [2.24, 2.45) is 0 Å². The molecule has 0 bridgehead atoms. The third kappa shape index (κ3) is 4.23. The number of amides is 1. The molecular weight excluding hydrogens is 302 g/mol. The van der Waals surface area contributed by atoms with E-state index in [0.29, 0.717) is 26.3 Å². The maximum atomic E-state index is 11.9. The van der Waals surface area contributed by atoms with Gasteiger partial charge in [0.05, 0.1) is 18.1 Å². The Balaban J connectivity index is 1.89. The second-order valence-electron chi connectivity index (χ2n) is 4.30. The molecule has 1 fully saturated rings. The number of nitrogens with one attached hydrogen (secondary N) is 1. The standard InChI is InChI=1S/C11H14ClN5O4/c12-11-14-7-8(17(19)20)10(15-11)13-2-1-9(18)16-3-5-21-6-4-16/h7H,1-6H2,(H,13,14,15). The van der Waals surface area contributed by atoms with Gasteiger partial charge in [0.15, 0.2) is 0 Å². The Kier molecular flexibility index (Phi) is 5.23. The molecule has 1 aliphatic rings. The third-order valence-corrected chi connectivity index (χ3v) is 3.11. The van der Waals surface area contributed by atoms with Crippen molar-refractivity contribution in [3.63, 3.8) is 0 Å². The summed E-state index contributed by atoms with van der Waals surface area (Å²) >= 11 is 5.61. The SMILES string of the molecule is O=C(CCNc1nc(Cl)ncc1[N+](=O)[O-])N1CCOCC1. The number of morpholine rings is 1. The molecule has 0 radical (unpaired) electrons. The normalized spacial score (nSPS) is 14.8. The van der Waals surface area contributed by atoms with Crippen molar-refractivity contribution in [2.75, 3.05) is 38.2 Å². The Morgan fingerprint density at radius 2 is 2.24 bits per heavy atom. The number of hydrogen-bond acceptors (Lipinski definition) is 7. The quantitative estimate of drug-likeness (QED) is 0.483. The van der Waals surface area contributed by atoms with Gasteiger partial charge in [0.1, 0.15) is 6.20 Å². The molecule has 1 saturated heterocycles. The Bertz CT molecular complexity index is 535. The molecule has 0 saturated carbocycles. The lowest BCUT2D eigenvalue weighted by Crippen LogP contribution is -2.41. The predicted octanol–water partition coefficient (Wildman–Crippen LogP) is 0.699. The summed E-state index contributed by atoms with van der Waals surface area (Å²) in [6.07, 6.45) is 1.24. The topological polar surface area (TPSA) is 110 Å². The van der Waals surface area contributed by atoms with E-state index in [-0.39, 0.29) is 35.7 Å². The van der Waals surface area contributed by atoms with E-state index >= 15 is 0 Å². The maximum absolute atomic E-state index is 11.9. The molecule has 1 aliphatic heterocycles. The van der Waals surface area contributed by atoms with Crippen LogP contribution < -0.4 is 5.32 Å². The van der Waals surface area contributed by atoms with Crippen molar-refractivity contribution in [1.29, 1.82) is 0 Å². The van der Waals surface area contributed by atoms with Crippen LogP contribution in [-0.4, -0.2) is 58.5 Å². The van der Waals surface area contributed by atoms with Crippen LogP contribution >= 0.6 is 11.6 Å². The molecule has 2 rings (SSSR count). The van der Waals surface area contributed by atoms with Gasteiger partial charge in [0.25, 0.3) is 0 Å². The molecule has 1 aromatic rings. The van der Waals surface area contributed by atoms with Crippen LogP contribution in [0, 0.1) is 10.1 Å². The number of carbonyl (C=O) groups excluding carboxylic acids is 1. The largest absolute Gasteiger partial charge is 0.378 e. The molecule has 2 heterocycles. The molecule has 1 aromatic heterocycles. The number of anilines is 1. The van der Waals surface area contributed by atoms with Gasteiger partial charge in [0.2, 0.25) is 17.0 Å². The second-order valence-corrected chi connectivity index (χ2v) is 4.64. The molecule has 1 N–H and O–H groups in total. The van der Waals surface area contributed by atoms with Gasteiger partial charge in [-0.2, -0.15) is 4.98 Å². The highest BCUT2D eigenvalue weighted by Crippen LogP contribution is 2.21. The van der Waals surface area contributed by atoms with Crippen LogP contribution in [0.2, 0.25) is 5.28 Å². The average molecular weight is 316 g/mol. The first kappa shape index (κ1) is 15.4. The number of hydrogen-bond donors (Lipinski definition) is 1. The summed E-state index contributed by atoms with van der Waals surface area (Å²) in [5, 5.41) is 13.5. The molecule has 0 spiro atoms. The lowest BCUT2D eigenvalue weighted by Gasteiger charge is -2.26. The molecule has 9 nitrogen and oxygen atoms in total. The Hall–Kier alpha value is -2.00. The zero-order chi connectivity index (χ0) is 15.2. The van der Waals surface area contributed by atoms with Crippen molar-refractivity contribution in [3.8, 4) is 0 Å². The Morgan fingerprint density at radius 3 is 2.90 bits per heavy atom. The van der Waals surface area contributed by atoms with Crippen molar-refractivity contribution < 1.29 is 14.5 Å². The number of nitrogens with zero attached hydrogens (tertiary/aromatic N) is 4. The van der Waals surface area contributed by atoms with Crippen molar-refractivity contribution >= 4 is 29.0 Å². The minimum absolute atomic E-state index is 0.00905. The summed E-state index contributed by atoms with van der Waals surface area (Å²) in [7, 11) is 0. The van der Waals surface area contributed by atoms with Gasteiger partial charge in [-0.15, -0.1) is 0 Å². The van der Waals surface area contributed by atoms with Gasteiger partial charge in [-0.25, -0.2) is 4.98 Å². The van der Waals surface area contributed by atoms with Crippen LogP contribution in [0.4, 0.5) is 11.5 Å². The van der Waals surface area contributed by atoms with E-state index in [4.69, 9.17) is 16.3 Å². The summed E-state index contributed by atoms with van der Waals surface area (Å²) in [5.74, 6) is -0.0246. The third-order valence-electron chi connectivity index (χ3n) is 2.93. The molecule has 0 unspecified atom stereocenters. The molecule has 10 heteroatoms. The first-order chi connectivity index (χ1) is 10.1. The maximum Gasteiger partial charge on any atom is 0.329 e. The number of ether oxygens (including phenoxy) is 1. The first-order valence-electron chi connectivity index (χ1n) is 6.34. The van der Waals surface area contributed by atoms with Gasteiger partial charge in [-0.3, -0.25) is 14.9 Å². The number of rotatable bonds is 5. The summed E-state index contributed by atoms with van der Waals surface area (Å²) in [6, 6.07) is 0. The van der Waals surface area contributed by atoms with Crippen LogP contribution in [0.25, 0.3) is 0 Å². The lowest BCUT2D eigenvalue weighted by molar-refractivity contribution is -0.384. The highest BCUT2D eigenvalue weighted by atomic mass is 35.5. The fraction of sp³-hybridized carbons (Fsp3) is 0.545. The van der Waals surface area contributed by atoms with Crippen LogP contribution in [-0.2, 0) is 9.53 Å². The summed E-state index contributed by atoms with van der Waals surface area (Å²) < 4.78 is 5.16. The minimum Gasteiger partial charge on any atom is -0.378 e. The van der Waals surface area contributed by atoms with Gasteiger partial charge in [-0.05, 0) is 11.6 Å². The van der Waals surface area contributed by atoms with E-state index < -0.39 is 4.92 Å². The zero-order valence-corrected chi connectivity index (χ0v) is 11.9. The monoisotopic (exact) mass is 315 g/mol. The highest BCUT2D eigenvalue weighted by molar-refractivity contribution is 6.28. The number of aromatic nitrogens is 2. The molecular formula is C11H14ClN5O4. The van der Waals surface area contributed by atoms with E-state index in [1.54, 1.807) is 4.90 Å². The van der Waals surface area contributed by atoms with Crippen molar-refractivity contribution in [3.05, 3.63) is 21.6 Å². The summed E-state index contributed by atoms with van der Waals surface area (Å²) in [6.45, 7) is 2.43. The number of halogens is 1. The lowest BCUT2D eigenvalue weighted by atomic mass is 10.3. The van der Waals surface area contributed by atoms with E-state index in [2.05, 4.69) is 15.3 Å². The van der Waals surface area contributed by atoms with Gasteiger partial charge < -0.3 is 15.0 Å². The first-order valence-corrected chi connectivity index (χ1v) is 6.72. The van der Waals surface area contributed by atoms with Gasteiger partial charge in [0, 0.05) is 26.1 Å². The van der Waals surface area contributed by atoms with E-state index in [9.17, 15) is 14.9 Å². The Morgan fingerprint density at radius 1 is 1.52 bits per heavy atom. The molecule has 114 valence electrons. The van der Waals surface area contributed by atoms with Crippen LogP contribution in [0.5, 0.6) is 0 Å². The van der Waals surface area contributed by atoms with Crippen LogP contribution in [0.15, 0.2) is 6.20 Å². The van der Waals surface area contributed by atoms with Crippen LogP contribution in [0.3, 0.4) is 0 Å². The van der Waals surface area contributed by atoms with E-state index in [0.717, 1.165) is 6.20 Å². The smallest absolute Gasteiger partial charge is 0.329 e. The van der Waals surface area contributed by atoms with Gasteiger partial charge >= 0.3 is 5.69 Å². The zero-order valence-electron chi connectivity index (χ0n) is 11.1. The molecule has 0 aromatic carbocycles.